The Morgan fingerprint density at radius 3 is 2.83 bits per heavy atom. The molecule has 0 aliphatic heterocycles. The fraction of sp³-hybridized carbons (Fsp3) is 0.267. The molecule has 0 spiro atoms. The van der Waals surface area contributed by atoms with E-state index < -0.39 is 5.82 Å². The molecule has 3 N–H and O–H groups in total. The van der Waals surface area contributed by atoms with Crippen LogP contribution in [-0.4, -0.2) is 26.9 Å². The van der Waals surface area contributed by atoms with Crippen molar-refractivity contribution < 1.29 is 9.13 Å². The van der Waals surface area contributed by atoms with E-state index >= 15 is 0 Å². The summed E-state index contributed by atoms with van der Waals surface area (Å²) in [5.41, 5.74) is 7.30. The average Bonchev–Trinajstić information content (AvgIpc) is 2.89. The molecule has 0 fully saturated rings. The molecule has 7 nitrogen and oxygen atoms in total. The maximum atomic E-state index is 13.8. The molecule has 0 aliphatic rings. The summed E-state index contributed by atoms with van der Waals surface area (Å²) in [7, 11) is 3.21. The van der Waals surface area contributed by atoms with E-state index in [1.165, 1.54) is 13.2 Å². The highest BCUT2D eigenvalue weighted by atomic mass is 19.1. The number of rotatable bonds is 4. The van der Waals surface area contributed by atoms with Gasteiger partial charge in [-0.15, -0.1) is 0 Å². The maximum Gasteiger partial charge on any atom is 0.227 e. The molecule has 23 heavy (non-hydrogen) atoms. The summed E-state index contributed by atoms with van der Waals surface area (Å²) in [6.07, 6.45) is 1.62. The minimum Gasteiger partial charge on any atom is -0.494 e. The van der Waals surface area contributed by atoms with Gasteiger partial charge in [0.15, 0.2) is 17.2 Å². The van der Waals surface area contributed by atoms with Crippen LogP contribution in [0.3, 0.4) is 0 Å². The molecule has 0 aliphatic carbocycles. The molecule has 0 radical (unpaired) electrons. The Morgan fingerprint density at radius 1 is 1.35 bits per heavy atom. The van der Waals surface area contributed by atoms with Crippen molar-refractivity contribution in [1.29, 1.82) is 0 Å². The van der Waals surface area contributed by atoms with Gasteiger partial charge in [-0.3, -0.25) is 4.68 Å². The molecule has 3 rings (SSSR count). The number of halogens is 1. The zero-order valence-corrected chi connectivity index (χ0v) is 13.0. The van der Waals surface area contributed by atoms with E-state index in [1.807, 2.05) is 6.92 Å². The fourth-order valence-electron chi connectivity index (χ4n) is 2.34. The van der Waals surface area contributed by atoms with Crippen molar-refractivity contribution in [2.45, 2.75) is 13.0 Å². The normalized spacial score (nSPS) is 12.3. The summed E-state index contributed by atoms with van der Waals surface area (Å²) >= 11 is 0. The monoisotopic (exact) mass is 316 g/mol. The number of aromatic nitrogens is 4. The van der Waals surface area contributed by atoms with Crippen LogP contribution < -0.4 is 15.8 Å². The van der Waals surface area contributed by atoms with Crippen molar-refractivity contribution in [2.75, 3.05) is 18.2 Å². The summed E-state index contributed by atoms with van der Waals surface area (Å²) in [5.74, 6) is 0.500. The van der Waals surface area contributed by atoms with Crippen LogP contribution in [0.1, 0.15) is 18.5 Å². The standard InChI is InChI=1S/C15H17FN6O/c1-8(9-4-5-12(23-3)11(16)6-9)19-15-20-13(17)10-7-18-22(2)14(10)21-15/h4-8H,1-3H3,(H3,17,19,20,21). The molecule has 2 heterocycles. The molecule has 120 valence electrons. The van der Waals surface area contributed by atoms with Gasteiger partial charge in [-0.2, -0.15) is 15.1 Å². The van der Waals surface area contributed by atoms with Crippen LogP contribution in [0, 0.1) is 5.82 Å². The van der Waals surface area contributed by atoms with E-state index in [2.05, 4.69) is 20.4 Å². The molecule has 8 heteroatoms. The number of methoxy groups -OCH3 is 1. The number of nitrogen functional groups attached to an aromatic ring is 1. The molecule has 3 aromatic rings. The number of benzene rings is 1. The second kappa shape index (κ2) is 5.71. The quantitative estimate of drug-likeness (QED) is 0.767. The van der Waals surface area contributed by atoms with Crippen LogP contribution in [0.5, 0.6) is 5.75 Å². The van der Waals surface area contributed by atoms with Crippen LogP contribution in [0.4, 0.5) is 16.2 Å². The van der Waals surface area contributed by atoms with Crippen molar-refractivity contribution in [3.63, 3.8) is 0 Å². The second-order valence-electron chi connectivity index (χ2n) is 5.20. The molecule has 0 saturated carbocycles. The van der Waals surface area contributed by atoms with Crippen LogP contribution in [0.2, 0.25) is 0 Å². The summed E-state index contributed by atoms with van der Waals surface area (Å²) in [6, 6.07) is 4.58. The highest BCUT2D eigenvalue weighted by Crippen LogP contribution is 2.25. The van der Waals surface area contributed by atoms with Crippen LogP contribution in [0.25, 0.3) is 11.0 Å². The minimum atomic E-state index is -0.416. The van der Waals surface area contributed by atoms with E-state index in [9.17, 15) is 4.39 Å². The third kappa shape index (κ3) is 2.75. The second-order valence-corrected chi connectivity index (χ2v) is 5.20. The molecular weight excluding hydrogens is 299 g/mol. The van der Waals surface area contributed by atoms with E-state index in [-0.39, 0.29) is 11.8 Å². The van der Waals surface area contributed by atoms with Gasteiger partial charge in [0.2, 0.25) is 5.95 Å². The Labute approximate surface area is 132 Å². The number of nitrogens with two attached hydrogens (primary N) is 1. The number of fused-ring (bicyclic) bond motifs is 1. The number of ether oxygens (including phenoxy) is 1. The lowest BCUT2D eigenvalue weighted by atomic mass is 10.1. The molecular formula is C15H17FN6O. The van der Waals surface area contributed by atoms with Crippen molar-refractivity contribution in [3.8, 4) is 5.75 Å². The van der Waals surface area contributed by atoms with E-state index in [4.69, 9.17) is 10.5 Å². The number of nitrogens with one attached hydrogen (secondary N) is 1. The lowest BCUT2D eigenvalue weighted by Crippen LogP contribution is -2.11. The van der Waals surface area contributed by atoms with Gasteiger partial charge in [0, 0.05) is 7.05 Å². The first-order chi connectivity index (χ1) is 11.0. The number of nitrogens with zero attached hydrogens (tertiary/aromatic N) is 4. The minimum absolute atomic E-state index is 0.206. The van der Waals surface area contributed by atoms with E-state index in [0.717, 1.165) is 5.56 Å². The third-order valence-electron chi connectivity index (χ3n) is 3.64. The predicted molar refractivity (Wildman–Crippen MR) is 85.7 cm³/mol. The SMILES string of the molecule is COc1ccc(C(C)Nc2nc(N)c3cnn(C)c3n2)cc1F. The topological polar surface area (TPSA) is 90.9 Å². The molecule has 0 amide bonds. The predicted octanol–water partition coefficient (Wildman–Crippen LogP) is 2.27. The first kappa shape index (κ1) is 15.0. The Bertz CT molecular complexity index is 863. The number of hydrogen-bond donors (Lipinski definition) is 2. The first-order valence-corrected chi connectivity index (χ1v) is 7.04. The molecule has 0 bridgehead atoms. The smallest absolute Gasteiger partial charge is 0.227 e. The van der Waals surface area contributed by atoms with Crippen molar-refractivity contribution in [3.05, 3.63) is 35.8 Å². The average molecular weight is 316 g/mol. The van der Waals surface area contributed by atoms with Gasteiger partial charge in [0.25, 0.3) is 0 Å². The van der Waals surface area contributed by atoms with Crippen molar-refractivity contribution >= 4 is 22.8 Å². The van der Waals surface area contributed by atoms with Crippen LogP contribution in [-0.2, 0) is 7.05 Å². The van der Waals surface area contributed by atoms with E-state index in [1.54, 1.807) is 30.1 Å². The van der Waals surface area contributed by atoms with Gasteiger partial charge < -0.3 is 15.8 Å². The fourth-order valence-corrected chi connectivity index (χ4v) is 2.34. The van der Waals surface area contributed by atoms with Gasteiger partial charge in [0.1, 0.15) is 5.82 Å². The molecule has 0 saturated heterocycles. The van der Waals surface area contributed by atoms with Gasteiger partial charge in [-0.1, -0.05) is 6.07 Å². The van der Waals surface area contributed by atoms with Gasteiger partial charge in [0.05, 0.1) is 24.7 Å². The zero-order valence-electron chi connectivity index (χ0n) is 13.0. The van der Waals surface area contributed by atoms with E-state index in [0.29, 0.717) is 22.8 Å². The van der Waals surface area contributed by atoms with Gasteiger partial charge in [-0.05, 0) is 24.6 Å². The number of hydrogen-bond acceptors (Lipinski definition) is 6. The largest absolute Gasteiger partial charge is 0.494 e. The molecule has 1 atom stereocenters. The Balaban J connectivity index is 1.89. The Kier molecular flexibility index (Phi) is 3.73. The lowest BCUT2D eigenvalue weighted by Gasteiger charge is -2.15. The van der Waals surface area contributed by atoms with Crippen molar-refractivity contribution in [2.24, 2.45) is 7.05 Å². The molecule has 1 unspecified atom stereocenters. The Morgan fingerprint density at radius 2 is 2.13 bits per heavy atom. The molecule has 2 aromatic heterocycles. The lowest BCUT2D eigenvalue weighted by molar-refractivity contribution is 0.386. The summed E-state index contributed by atoms with van der Waals surface area (Å²) in [5, 5.41) is 7.93. The summed E-state index contributed by atoms with van der Waals surface area (Å²) < 4.78 is 20.4. The number of aryl methyl sites for hydroxylation is 1. The van der Waals surface area contributed by atoms with Crippen LogP contribution >= 0.6 is 0 Å². The first-order valence-electron chi connectivity index (χ1n) is 7.04. The Hall–Kier alpha value is -2.90. The summed E-state index contributed by atoms with van der Waals surface area (Å²) in [4.78, 5) is 8.62. The third-order valence-corrected chi connectivity index (χ3v) is 3.64. The maximum absolute atomic E-state index is 13.8. The molecule has 1 aromatic carbocycles. The van der Waals surface area contributed by atoms with Crippen molar-refractivity contribution in [1.82, 2.24) is 19.7 Å². The van der Waals surface area contributed by atoms with Crippen LogP contribution in [0.15, 0.2) is 24.4 Å². The number of anilines is 2. The summed E-state index contributed by atoms with van der Waals surface area (Å²) in [6.45, 7) is 1.88. The highest BCUT2D eigenvalue weighted by Gasteiger charge is 2.13. The highest BCUT2D eigenvalue weighted by molar-refractivity contribution is 5.86. The zero-order chi connectivity index (χ0) is 16.6. The van der Waals surface area contributed by atoms with Gasteiger partial charge >= 0.3 is 0 Å². The van der Waals surface area contributed by atoms with Gasteiger partial charge in [-0.25, -0.2) is 4.39 Å².